The zero-order chi connectivity index (χ0) is 32.8. The first-order valence-corrected chi connectivity index (χ1v) is 17.4. The number of ether oxygens (including phenoxy) is 1. The standard InChI is InChI=1S/C35H30Cl2N6O3S/c1-2-46-31-10-4-3-9-26(31)35(42-17-15-41(16-18-42)34-28(36)21-39-22-29(34)37)23-43(30-13-12-24(20-38)19-27(30)35)47(44,45)32-11-5-7-25-8-6-14-40-33(25)32/h3-14,19,21-22H,2,15-18,23H2,1H3. The topological polar surface area (TPSA) is 103 Å². The lowest BCUT2D eigenvalue weighted by Gasteiger charge is -2.47. The van der Waals surface area contributed by atoms with E-state index in [1.54, 1.807) is 48.9 Å². The number of piperazine rings is 1. The molecular formula is C35H30Cl2N6O3S. The molecule has 0 spiro atoms. The Morgan fingerprint density at radius 1 is 0.936 bits per heavy atom. The van der Waals surface area contributed by atoms with E-state index in [-0.39, 0.29) is 11.4 Å². The number of hydrogen-bond donors (Lipinski definition) is 0. The Labute approximate surface area is 283 Å². The van der Waals surface area contributed by atoms with Crippen molar-refractivity contribution in [3.63, 3.8) is 0 Å². The van der Waals surface area contributed by atoms with E-state index in [9.17, 15) is 13.7 Å². The second-order valence-electron chi connectivity index (χ2n) is 11.4. The highest BCUT2D eigenvalue weighted by Gasteiger charge is 2.53. The van der Waals surface area contributed by atoms with Gasteiger partial charge in [-0.25, -0.2) is 8.42 Å². The van der Waals surface area contributed by atoms with Crippen LogP contribution in [0.4, 0.5) is 11.4 Å². The summed E-state index contributed by atoms with van der Waals surface area (Å²) in [5, 5.41) is 11.7. The summed E-state index contributed by atoms with van der Waals surface area (Å²) in [7, 11) is -4.14. The predicted molar refractivity (Wildman–Crippen MR) is 184 cm³/mol. The minimum absolute atomic E-state index is 0.0592. The van der Waals surface area contributed by atoms with Gasteiger partial charge in [-0.2, -0.15) is 5.26 Å². The van der Waals surface area contributed by atoms with Crippen LogP contribution < -0.4 is 13.9 Å². The number of nitrogens with zero attached hydrogens (tertiary/aromatic N) is 6. The first-order chi connectivity index (χ1) is 22.8. The molecule has 47 heavy (non-hydrogen) atoms. The molecule has 0 bridgehead atoms. The molecule has 1 saturated heterocycles. The Morgan fingerprint density at radius 3 is 2.43 bits per heavy atom. The highest BCUT2D eigenvalue weighted by molar-refractivity contribution is 7.93. The third-order valence-corrected chi connectivity index (χ3v) is 11.3. The molecule has 12 heteroatoms. The number of aromatic nitrogens is 2. The van der Waals surface area contributed by atoms with Gasteiger partial charge in [-0.3, -0.25) is 19.2 Å². The van der Waals surface area contributed by atoms with Gasteiger partial charge >= 0.3 is 0 Å². The van der Waals surface area contributed by atoms with E-state index >= 15 is 0 Å². The second-order valence-corrected chi connectivity index (χ2v) is 14.0. The third kappa shape index (κ3) is 5.15. The normalized spacial score (nSPS) is 18.3. The minimum atomic E-state index is -4.14. The fourth-order valence-electron chi connectivity index (χ4n) is 6.93. The van der Waals surface area contributed by atoms with Gasteiger partial charge in [0.05, 0.1) is 57.3 Å². The van der Waals surface area contributed by atoms with Gasteiger partial charge in [-0.1, -0.05) is 59.6 Å². The first-order valence-electron chi connectivity index (χ1n) is 15.2. The molecule has 4 heterocycles. The van der Waals surface area contributed by atoms with Gasteiger partial charge in [0.15, 0.2) is 0 Å². The Hall–Kier alpha value is -4.40. The number of fused-ring (bicyclic) bond motifs is 2. The summed E-state index contributed by atoms with van der Waals surface area (Å²) in [6, 6.07) is 24.1. The lowest BCUT2D eigenvalue weighted by Crippen LogP contribution is -2.58. The zero-order valence-electron chi connectivity index (χ0n) is 25.5. The van der Waals surface area contributed by atoms with E-state index in [1.807, 2.05) is 49.4 Å². The van der Waals surface area contributed by atoms with Crippen LogP contribution in [-0.2, 0) is 15.6 Å². The number of para-hydroxylation sites is 2. The summed E-state index contributed by atoms with van der Waals surface area (Å²) in [4.78, 5) is 13.1. The number of anilines is 2. The summed E-state index contributed by atoms with van der Waals surface area (Å²) in [6.07, 6.45) is 4.76. The van der Waals surface area contributed by atoms with Crippen molar-refractivity contribution in [3.8, 4) is 11.8 Å². The van der Waals surface area contributed by atoms with Crippen molar-refractivity contribution in [2.75, 3.05) is 48.5 Å². The lowest BCUT2D eigenvalue weighted by molar-refractivity contribution is 0.124. The molecule has 0 N–H and O–H groups in total. The number of halogens is 2. The maximum Gasteiger partial charge on any atom is 0.266 e. The largest absolute Gasteiger partial charge is 0.494 e. The van der Waals surface area contributed by atoms with Gasteiger partial charge in [-0.05, 0) is 43.3 Å². The molecule has 1 unspecified atom stereocenters. The molecule has 2 aliphatic rings. The fraction of sp³-hybridized carbons (Fsp3) is 0.229. The molecule has 5 aromatic rings. The van der Waals surface area contributed by atoms with Crippen molar-refractivity contribution in [1.82, 2.24) is 14.9 Å². The predicted octanol–water partition coefficient (Wildman–Crippen LogP) is 6.48. The molecule has 1 atom stereocenters. The van der Waals surface area contributed by atoms with E-state index in [0.717, 1.165) is 16.6 Å². The molecule has 9 nitrogen and oxygen atoms in total. The molecule has 238 valence electrons. The first kappa shape index (κ1) is 31.2. The molecule has 1 fully saturated rings. The Balaban J connectivity index is 1.41. The van der Waals surface area contributed by atoms with Crippen molar-refractivity contribution >= 4 is 55.5 Å². The fourth-order valence-corrected chi connectivity index (χ4v) is 9.21. The van der Waals surface area contributed by atoms with E-state index in [1.165, 1.54) is 4.31 Å². The molecule has 7 rings (SSSR count). The summed E-state index contributed by atoms with van der Waals surface area (Å²) in [5.74, 6) is 0.650. The van der Waals surface area contributed by atoms with Crippen molar-refractivity contribution < 1.29 is 13.2 Å². The van der Waals surface area contributed by atoms with E-state index in [2.05, 4.69) is 25.8 Å². The number of nitriles is 1. The number of pyridine rings is 2. The van der Waals surface area contributed by atoms with E-state index in [0.29, 0.717) is 70.9 Å². The quantitative estimate of drug-likeness (QED) is 0.192. The van der Waals surface area contributed by atoms with Crippen molar-refractivity contribution in [2.45, 2.75) is 17.4 Å². The number of hydrogen-bond acceptors (Lipinski definition) is 8. The number of benzene rings is 3. The maximum absolute atomic E-state index is 14.8. The van der Waals surface area contributed by atoms with Crippen LogP contribution in [0, 0.1) is 11.3 Å². The van der Waals surface area contributed by atoms with Crippen LogP contribution in [0.2, 0.25) is 10.0 Å². The van der Waals surface area contributed by atoms with Crippen LogP contribution in [0.5, 0.6) is 5.75 Å². The second kappa shape index (κ2) is 12.3. The van der Waals surface area contributed by atoms with Crippen molar-refractivity contribution in [1.29, 1.82) is 5.26 Å². The van der Waals surface area contributed by atoms with Crippen LogP contribution in [0.25, 0.3) is 10.9 Å². The average molecular weight is 686 g/mol. The number of rotatable bonds is 7. The lowest BCUT2D eigenvalue weighted by atomic mass is 9.81. The molecule has 3 aromatic carbocycles. The Kier molecular flexibility index (Phi) is 8.18. The van der Waals surface area contributed by atoms with Gasteiger partial charge in [-0.15, -0.1) is 0 Å². The highest BCUT2D eigenvalue weighted by atomic mass is 35.5. The Morgan fingerprint density at radius 2 is 1.68 bits per heavy atom. The molecule has 0 saturated carbocycles. The monoisotopic (exact) mass is 684 g/mol. The summed E-state index contributed by atoms with van der Waals surface area (Å²) < 4.78 is 37.3. The average Bonchev–Trinajstić information content (AvgIpc) is 3.45. The summed E-state index contributed by atoms with van der Waals surface area (Å²) in [5.41, 5.74) is 2.59. The minimum Gasteiger partial charge on any atom is -0.494 e. The van der Waals surface area contributed by atoms with E-state index < -0.39 is 15.6 Å². The SMILES string of the molecule is CCOc1ccccc1C1(N2CCN(c3c(Cl)cncc3Cl)CC2)CN(S(=O)(=O)c2cccc3cccnc23)c2ccc(C#N)cc21. The van der Waals surface area contributed by atoms with Gasteiger partial charge in [0.25, 0.3) is 10.0 Å². The number of sulfonamides is 1. The van der Waals surface area contributed by atoms with Gasteiger partial charge in [0, 0.05) is 61.3 Å². The third-order valence-electron chi connectivity index (χ3n) is 8.97. The molecule has 2 aliphatic heterocycles. The molecule has 2 aromatic heterocycles. The summed E-state index contributed by atoms with van der Waals surface area (Å²) in [6.45, 7) is 4.61. The Bertz CT molecular complexity index is 2120. The van der Waals surface area contributed by atoms with Crippen LogP contribution in [-0.4, -0.2) is 62.6 Å². The summed E-state index contributed by atoms with van der Waals surface area (Å²) >= 11 is 13.1. The van der Waals surface area contributed by atoms with Crippen LogP contribution in [0.15, 0.2) is 96.3 Å². The van der Waals surface area contributed by atoms with Gasteiger partial charge < -0.3 is 9.64 Å². The van der Waals surface area contributed by atoms with Crippen LogP contribution in [0.1, 0.15) is 23.6 Å². The highest BCUT2D eigenvalue weighted by Crippen LogP contribution is 2.52. The smallest absolute Gasteiger partial charge is 0.266 e. The van der Waals surface area contributed by atoms with Crippen molar-refractivity contribution in [3.05, 3.63) is 118 Å². The zero-order valence-corrected chi connectivity index (χ0v) is 27.8. The van der Waals surface area contributed by atoms with Gasteiger partial charge in [0.1, 0.15) is 10.6 Å². The van der Waals surface area contributed by atoms with Crippen LogP contribution in [0.3, 0.4) is 0 Å². The van der Waals surface area contributed by atoms with Gasteiger partial charge in [0.2, 0.25) is 0 Å². The van der Waals surface area contributed by atoms with Crippen LogP contribution >= 0.6 is 23.2 Å². The molecule has 0 radical (unpaired) electrons. The molecule has 0 amide bonds. The maximum atomic E-state index is 14.8. The van der Waals surface area contributed by atoms with E-state index in [4.69, 9.17) is 27.9 Å². The van der Waals surface area contributed by atoms with Crippen molar-refractivity contribution in [2.24, 2.45) is 0 Å². The molecular weight excluding hydrogens is 655 g/mol. The molecule has 0 aliphatic carbocycles.